The minimum Gasteiger partial charge on any atom is -0.394 e. The van der Waals surface area contributed by atoms with E-state index in [1.54, 1.807) is 35.1 Å². The largest absolute Gasteiger partial charge is 0.394 e. The predicted octanol–water partition coefficient (Wildman–Crippen LogP) is 3.59. The molecule has 2 bridgehead atoms. The van der Waals surface area contributed by atoms with Gasteiger partial charge in [-0.3, -0.25) is 14.4 Å². The van der Waals surface area contributed by atoms with Crippen LogP contribution < -0.4 is 4.90 Å². The highest BCUT2D eigenvalue weighted by Crippen LogP contribution is 2.66. The van der Waals surface area contributed by atoms with Crippen molar-refractivity contribution >= 4 is 35.0 Å². The number of aryl methyl sites for hydroxylation is 1. The molecule has 0 aromatic heterocycles. The van der Waals surface area contributed by atoms with Crippen molar-refractivity contribution in [2.45, 2.75) is 63.8 Å². The van der Waals surface area contributed by atoms with Crippen LogP contribution in [0.15, 0.2) is 43.5 Å². The van der Waals surface area contributed by atoms with E-state index in [1.165, 1.54) is 4.90 Å². The first kappa shape index (κ1) is 29.3. The van der Waals surface area contributed by atoms with Gasteiger partial charge in [0, 0.05) is 20.1 Å². The van der Waals surface area contributed by atoms with Gasteiger partial charge in [-0.2, -0.15) is 0 Å². The van der Waals surface area contributed by atoms with Crippen molar-refractivity contribution in [2.75, 3.05) is 31.6 Å². The minimum atomic E-state index is -1.23. The summed E-state index contributed by atoms with van der Waals surface area (Å²) in [7, 11) is 1.69. The van der Waals surface area contributed by atoms with Crippen LogP contribution in [0.4, 0.5) is 5.69 Å². The van der Waals surface area contributed by atoms with Crippen molar-refractivity contribution in [1.29, 1.82) is 0 Å². The molecule has 0 saturated carbocycles. The third kappa shape index (κ3) is 4.23. The Morgan fingerprint density at radius 2 is 1.95 bits per heavy atom. The Morgan fingerprint density at radius 3 is 2.51 bits per heavy atom. The number of anilines is 1. The Labute approximate surface area is 236 Å². The summed E-state index contributed by atoms with van der Waals surface area (Å²) in [6.45, 7) is 15.4. The molecule has 1 aromatic rings. The Balaban J connectivity index is 1.91. The maximum Gasteiger partial charge on any atom is 0.253 e. The lowest BCUT2D eigenvalue weighted by molar-refractivity contribution is -0.153. The molecule has 1 spiro atoms. The van der Waals surface area contributed by atoms with Gasteiger partial charge in [-0.05, 0) is 44.2 Å². The van der Waals surface area contributed by atoms with Crippen LogP contribution >= 0.6 is 11.6 Å². The van der Waals surface area contributed by atoms with E-state index in [0.29, 0.717) is 30.1 Å². The number of fused-ring (bicyclic) bond motifs is 1. The normalized spacial score (nSPS) is 31.7. The number of ether oxygens (including phenoxy) is 1. The first-order chi connectivity index (χ1) is 18.4. The highest BCUT2D eigenvalue weighted by atomic mass is 35.5. The van der Waals surface area contributed by atoms with Crippen LogP contribution in [0.2, 0.25) is 5.02 Å². The third-order valence-corrected chi connectivity index (χ3v) is 9.45. The lowest BCUT2D eigenvalue weighted by Crippen LogP contribution is -2.59. The number of carbonyl (C=O) groups is 3. The second-order valence-corrected chi connectivity index (χ2v) is 11.8. The Bertz CT molecular complexity index is 1160. The SMILES string of the molecule is C=CCN(C)C(=O)[C@@H]1[C@H]2C(=O)N([C@@H](CC)CO)C(C(=O)N(CC=C)c3c(C)cccc3Cl)C23CC(C)[C@@]1(C)O3. The van der Waals surface area contributed by atoms with E-state index in [2.05, 4.69) is 13.2 Å². The fraction of sp³-hybridized carbons (Fsp3) is 0.567. The topological polar surface area (TPSA) is 90.4 Å². The quantitative estimate of drug-likeness (QED) is 0.444. The van der Waals surface area contributed by atoms with Crippen LogP contribution in [0.25, 0.3) is 0 Å². The molecule has 7 atom stereocenters. The molecule has 212 valence electrons. The number of aliphatic hydroxyl groups excluding tert-OH is 1. The van der Waals surface area contributed by atoms with E-state index in [1.807, 2.05) is 39.8 Å². The number of carbonyl (C=O) groups excluding carboxylic acids is 3. The highest BCUT2D eigenvalue weighted by molar-refractivity contribution is 6.34. The molecule has 9 heteroatoms. The summed E-state index contributed by atoms with van der Waals surface area (Å²) in [6.07, 6.45) is 4.13. The first-order valence-corrected chi connectivity index (χ1v) is 14.0. The average molecular weight is 558 g/mol. The molecule has 3 aliphatic rings. The smallest absolute Gasteiger partial charge is 0.253 e. The molecule has 3 aliphatic heterocycles. The maximum atomic E-state index is 14.7. The summed E-state index contributed by atoms with van der Waals surface area (Å²) < 4.78 is 6.82. The lowest BCUT2D eigenvalue weighted by Gasteiger charge is -2.39. The molecule has 3 saturated heterocycles. The molecule has 39 heavy (non-hydrogen) atoms. The van der Waals surface area contributed by atoms with E-state index in [-0.39, 0.29) is 36.8 Å². The molecular formula is C30H40ClN3O5. The summed E-state index contributed by atoms with van der Waals surface area (Å²) in [5.74, 6) is -2.62. The minimum absolute atomic E-state index is 0.0908. The number of amides is 3. The fourth-order valence-electron chi connectivity index (χ4n) is 7.19. The van der Waals surface area contributed by atoms with Gasteiger partial charge in [-0.1, -0.05) is 49.7 Å². The number of halogens is 1. The number of hydrogen-bond donors (Lipinski definition) is 1. The van der Waals surface area contributed by atoms with Gasteiger partial charge in [0.2, 0.25) is 11.8 Å². The van der Waals surface area contributed by atoms with Crippen molar-refractivity contribution < 1.29 is 24.2 Å². The van der Waals surface area contributed by atoms with Crippen LogP contribution in [-0.2, 0) is 19.1 Å². The van der Waals surface area contributed by atoms with Gasteiger partial charge in [-0.15, -0.1) is 13.2 Å². The molecule has 1 N–H and O–H groups in total. The molecule has 3 unspecified atom stereocenters. The molecule has 0 radical (unpaired) electrons. The average Bonchev–Trinajstić information content (AvgIpc) is 3.40. The third-order valence-electron chi connectivity index (χ3n) is 9.14. The number of benzene rings is 1. The van der Waals surface area contributed by atoms with Crippen molar-refractivity contribution in [3.63, 3.8) is 0 Å². The second kappa shape index (κ2) is 10.7. The maximum absolute atomic E-state index is 14.7. The van der Waals surface area contributed by atoms with Crippen molar-refractivity contribution in [2.24, 2.45) is 17.8 Å². The van der Waals surface area contributed by atoms with Crippen molar-refractivity contribution in [3.8, 4) is 0 Å². The van der Waals surface area contributed by atoms with Crippen molar-refractivity contribution in [1.82, 2.24) is 9.80 Å². The van der Waals surface area contributed by atoms with Gasteiger partial charge in [0.25, 0.3) is 5.91 Å². The number of hydrogen-bond acceptors (Lipinski definition) is 5. The van der Waals surface area contributed by atoms with E-state index >= 15 is 0 Å². The van der Waals surface area contributed by atoms with Crippen LogP contribution in [0, 0.1) is 24.7 Å². The van der Waals surface area contributed by atoms with Gasteiger partial charge in [0.05, 0.1) is 40.8 Å². The van der Waals surface area contributed by atoms with E-state index in [0.717, 1.165) is 5.56 Å². The Kier molecular flexibility index (Phi) is 8.05. The van der Waals surface area contributed by atoms with Gasteiger partial charge >= 0.3 is 0 Å². The molecule has 0 aliphatic carbocycles. The van der Waals surface area contributed by atoms with Gasteiger partial charge in [0.15, 0.2) is 0 Å². The summed E-state index contributed by atoms with van der Waals surface area (Å²) >= 11 is 6.62. The van der Waals surface area contributed by atoms with Crippen LogP contribution in [-0.4, -0.2) is 82.7 Å². The first-order valence-electron chi connectivity index (χ1n) is 13.6. The monoisotopic (exact) mass is 557 g/mol. The number of aliphatic hydroxyl groups is 1. The molecule has 3 heterocycles. The number of nitrogens with zero attached hydrogens (tertiary/aromatic N) is 3. The summed E-state index contributed by atoms with van der Waals surface area (Å²) in [6, 6.07) is 3.75. The van der Waals surface area contributed by atoms with Crippen LogP contribution in [0.1, 0.15) is 39.2 Å². The van der Waals surface area contributed by atoms with Crippen molar-refractivity contribution in [3.05, 3.63) is 54.1 Å². The number of para-hydroxylation sites is 1. The second-order valence-electron chi connectivity index (χ2n) is 11.3. The number of rotatable bonds is 10. The van der Waals surface area contributed by atoms with Gasteiger partial charge < -0.3 is 24.5 Å². The van der Waals surface area contributed by atoms with Gasteiger partial charge in [-0.25, -0.2) is 0 Å². The molecule has 1 aromatic carbocycles. The van der Waals surface area contributed by atoms with E-state index in [4.69, 9.17) is 16.3 Å². The zero-order valence-corrected chi connectivity index (χ0v) is 24.3. The molecule has 3 fully saturated rings. The van der Waals surface area contributed by atoms with E-state index < -0.39 is 35.1 Å². The standard InChI is InChI=1S/C30H40ClN3O5/c1-8-14-32(7)26(36)22-23-27(37)34(20(10-3)17-35)25(30(23)16-19(5)29(22,6)39-30)28(38)33(15-9-2)24-18(4)12-11-13-21(24)31/h8-9,11-13,19-20,22-23,25,35H,1-2,10,14-17H2,3-7H3/t19?,20-,22-,23-,25?,29+,30?/m0/s1. The zero-order valence-electron chi connectivity index (χ0n) is 23.5. The summed E-state index contributed by atoms with van der Waals surface area (Å²) in [4.78, 5) is 47.6. The fourth-order valence-corrected chi connectivity index (χ4v) is 7.52. The molecule has 4 rings (SSSR count). The molecule has 3 amide bonds. The molecule has 8 nitrogen and oxygen atoms in total. The van der Waals surface area contributed by atoms with Crippen LogP contribution in [0.3, 0.4) is 0 Å². The Morgan fingerprint density at radius 1 is 1.28 bits per heavy atom. The molecular weight excluding hydrogens is 518 g/mol. The van der Waals surface area contributed by atoms with Gasteiger partial charge in [0.1, 0.15) is 11.6 Å². The van der Waals surface area contributed by atoms with Crippen LogP contribution in [0.5, 0.6) is 0 Å². The Hall–Kier alpha value is -2.68. The summed E-state index contributed by atoms with van der Waals surface area (Å²) in [5, 5.41) is 10.7. The number of likely N-dealkylation sites (tertiary alicyclic amines) is 1. The lowest BCUT2D eigenvalue weighted by atomic mass is 9.62. The summed E-state index contributed by atoms with van der Waals surface area (Å²) in [5.41, 5.74) is -0.817. The van der Waals surface area contributed by atoms with E-state index in [9.17, 15) is 19.5 Å². The predicted molar refractivity (Wildman–Crippen MR) is 151 cm³/mol. The number of likely N-dealkylation sites (N-methyl/N-ethyl adjacent to an activating group) is 1. The highest BCUT2D eigenvalue weighted by Gasteiger charge is 2.80. The zero-order chi connectivity index (χ0) is 28.9.